The number of pyridine rings is 1. The van der Waals surface area contributed by atoms with Crippen LogP contribution in [0.5, 0.6) is 5.75 Å². The van der Waals surface area contributed by atoms with Crippen LogP contribution in [0, 0.1) is 11.3 Å². The zero-order chi connectivity index (χ0) is 33.3. The Bertz CT molecular complexity index is 2120. The summed E-state index contributed by atoms with van der Waals surface area (Å²) in [7, 11) is -4.06. The summed E-state index contributed by atoms with van der Waals surface area (Å²) >= 11 is 0. The third kappa shape index (κ3) is 5.88. The van der Waals surface area contributed by atoms with Gasteiger partial charge in [-0.25, -0.2) is 17.4 Å². The lowest BCUT2D eigenvalue weighted by Crippen LogP contribution is -2.36. The number of carbonyl (C=O) groups is 1. The van der Waals surface area contributed by atoms with Crippen LogP contribution in [-0.4, -0.2) is 85.4 Å². The topological polar surface area (TPSA) is 138 Å². The first kappa shape index (κ1) is 31.4. The number of morpholine rings is 1. The largest absolute Gasteiger partial charge is 0.487 e. The minimum Gasteiger partial charge on any atom is -0.487 e. The highest BCUT2D eigenvalue weighted by Crippen LogP contribution is 2.38. The molecule has 0 bridgehead atoms. The van der Waals surface area contributed by atoms with Crippen molar-refractivity contribution in [2.45, 2.75) is 17.4 Å². The molecule has 48 heavy (non-hydrogen) atoms. The smallest absolute Gasteiger partial charge is 0.269 e. The van der Waals surface area contributed by atoms with E-state index in [4.69, 9.17) is 9.47 Å². The second-order valence-corrected chi connectivity index (χ2v) is 13.5. The summed E-state index contributed by atoms with van der Waals surface area (Å²) in [4.78, 5) is 20.4. The highest BCUT2D eigenvalue weighted by molar-refractivity contribution is 7.90. The van der Waals surface area contributed by atoms with Crippen molar-refractivity contribution >= 4 is 32.7 Å². The molecule has 11 nitrogen and oxygen atoms in total. The average molecular weight is 664 g/mol. The van der Waals surface area contributed by atoms with Crippen molar-refractivity contribution in [2.75, 3.05) is 50.9 Å². The molecule has 2 aliphatic heterocycles. The van der Waals surface area contributed by atoms with Crippen LogP contribution in [0.4, 0.5) is 5.69 Å². The molecule has 12 heteroatoms. The maximum atomic E-state index is 14.3. The van der Waals surface area contributed by atoms with Gasteiger partial charge in [-0.15, -0.1) is 0 Å². The van der Waals surface area contributed by atoms with Crippen molar-refractivity contribution in [2.24, 2.45) is 0 Å². The van der Waals surface area contributed by atoms with Crippen LogP contribution in [0.3, 0.4) is 0 Å². The first-order valence-electron chi connectivity index (χ1n) is 15.7. The van der Waals surface area contributed by atoms with Gasteiger partial charge in [0.25, 0.3) is 10.0 Å². The van der Waals surface area contributed by atoms with E-state index in [9.17, 15) is 23.6 Å². The summed E-state index contributed by atoms with van der Waals surface area (Å²) in [5.41, 5.74) is 4.18. The van der Waals surface area contributed by atoms with E-state index in [0.717, 1.165) is 18.8 Å². The summed E-state index contributed by atoms with van der Waals surface area (Å²) in [5.74, 6) is 0.0346. The summed E-state index contributed by atoms with van der Waals surface area (Å²) in [6.45, 7) is 3.13. The normalized spacial score (nSPS) is 16.6. The van der Waals surface area contributed by atoms with E-state index < -0.39 is 16.6 Å². The van der Waals surface area contributed by atoms with E-state index in [1.54, 1.807) is 59.6 Å². The molecule has 0 spiro atoms. The SMILES string of the molecule is N#Cc1cc(-c2ccnc3c2cc(-c2ccc(N4CCOCC4)cc2)n3S(=O)(=O)c2ccccc2)ccc1O[C@H]1CCN(C(=O)CO)C1. The maximum Gasteiger partial charge on any atom is 0.269 e. The van der Waals surface area contributed by atoms with Crippen molar-refractivity contribution in [3.63, 3.8) is 0 Å². The van der Waals surface area contributed by atoms with E-state index in [2.05, 4.69) is 16.0 Å². The molecule has 2 aliphatic rings. The zero-order valence-electron chi connectivity index (χ0n) is 26.0. The molecule has 5 aromatic rings. The molecule has 4 heterocycles. The number of anilines is 1. The molecule has 0 radical (unpaired) electrons. The second-order valence-electron chi connectivity index (χ2n) is 11.7. The molecule has 244 valence electrons. The first-order valence-corrected chi connectivity index (χ1v) is 17.2. The Morgan fingerprint density at radius 2 is 1.73 bits per heavy atom. The van der Waals surface area contributed by atoms with E-state index in [0.29, 0.717) is 71.8 Å². The monoisotopic (exact) mass is 663 g/mol. The quantitative estimate of drug-likeness (QED) is 0.258. The lowest BCUT2D eigenvalue weighted by molar-refractivity contribution is -0.133. The standard InChI is InChI=1S/C36H33N5O6S/c37-22-27-20-26(8-11-34(27)47-29-13-15-40(23-29)35(43)24-42)31-12-14-38-36-32(31)21-33(41(36)48(44,45)30-4-2-1-3-5-30)25-6-9-28(10-7-25)39-16-18-46-19-17-39/h1-12,14,20-21,29,42H,13,15-19,23-24H2/t29-/m0/s1. The molecule has 2 aromatic heterocycles. The molecular weight excluding hydrogens is 630 g/mol. The van der Waals surface area contributed by atoms with Crippen molar-refractivity contribution in [1.29, 1.82) is 5.26 Å². The fourth-order valence-corrected chi connectivity index (χ4v) is 7.85. The number of amides is 1. The van der Waals surface area contributed by atoms with Gasteiger partial charge in [0.2, 0.25) is 5.91 Å². The van der Waals surface area contributed by atoms with Gasteiger partial charge in [0.15, 0.2) is 5.65 Å². The summed E-state index contributed by atoms with van der Waals surface area (Å²) in [6.07, 6.45) is 1.85. The minimum atomic E-state index is -4.06. The second kappa shape index (κ2) is 13.1. The van der Waals surface area contributed by atoms with Gasteiger partial charge in [0, 0.05) is 43.3 Å². The fourth-order valence-electron chi connectivity index (χ4n) is 6.35. The van der Waals surface area contributed by atoms with Crippen molar-refractivity contribution in [1.82, 2.24) is 13.9 Å². The predicted octanol–water partition coefficient (Wildman–Crippen LogP) is 4.29. The van der Waals surface area contributed by atoms with Crippen LogP contribution < -0.4 is 9.64 Å². The number of nitriles is 1. The molecule has 0 unspecified atom stereocenters. The molecular formula is C36H33N5O6S. The number of hydrogen-bond donors (Lipinski definition) is 1. The third-order valence-electron chi connectivity index (χ3n) is 8.82. The highest BCUT2D eigenvalue weighted by atomic mass is 32.2. The molecule has 1 N–H and O–H groups in total. The van der Waals surface area contributed by atoms with Crippen LogP contribution in [-0.2, 0) is 19.6 Å². The highest BCUT2D eigenvalue weighted by Gasteiger charge is 2.29. The van der Waals surface area contributed by atoms with Gasteiger partial charge in [-0.3, -0.25) is 4.79 Å². The van der Waals surface area contributed by atoms with Gasteiger partial charge >= 0.3 is 0 Å². The predicted molar refractivity (Wildman–Crippen MR) is 180 cm³/mol. The van der Waals surface area contributed by atoms with Gasteiger partial charge in [-0.2, -0.15) is 5.26 Å². The molecule has 1 amide bonds. The Hall–Kier alpha value is -5.22. The van der Waals surface area contributed by atoms with Gasteiger partial charge < -0.3 is 24.4 Å². The Labute approximate surface area is 278 Å². The summed E-state index contributed by atoms with van der Waals surface area (Å²) in [5, 5.41) is 19.9. The van der Waals surface area contributed by atoms with Crippen molar-refractivity contribution in [3.8, 4) is 34.2 Å². The van der Waals surface area contributed by atoms with Crippen LogP contribution in [0.15, 0.2) is 96.0 Å². The molecule has 0 aliphatic carbocycles. The van der Waals surface area contributed by atoms with Crippen LogP contribution >= 0.6 is 0 Å². The number of benzene rings is 3. The lowest BCUT2D eigenvalue weighted by Gasteiger charge is -2.28. The molecule has 0 saturated carbocycles. The Kier molecular flexibility index (Phi) is 8.58. The van der Waals surface area contributed by atoms with Gasteiger partial charge in [-0.1, -0.05) is 36.4 Å². The number of aliphatic hydroxyl groups is 1. The molecule has 1 atom stereocenters. The number of aromatic nitrogens is 2. The number of likely N-dealkylation sites (tertiary alicyclic amines) is 1. The van der Waals surface area contributed by atoms with Crippen molar-refractivity contribution in [3.05, 3.63) is 96.7 Å². The van der Waals surface area contributed by atoms with E-state index in [1.807, 2.05) is 36.4 Å². The van der Waals surface area contributed by atoms with Crippen LogP contribution in [0.1, 0.15) is 12.0 Å². The van der Waals surface area contributed by atoms with Gasteiger partial charge in [0.1, 0.15) is 24.5 Å². The summed E-state index contributed by atoms with van der Waals surface area (Å²) in [6, 6.07) is 27.2. The Balaban J connectivity index is 1.30. The van der Waals surface area contributed by atoms with Crippen LogP contribution in [0.25, 0.3) is 33.4 Å². The molecule has 2 saturated heterocycles. The van der Waals surface area contributed by atoms with E-state index >= 15 is 0 Å². The number of ether oxygens (including phenoxy) is 2. The molecule has 2 fully saturated rings. The Morgan fingerprint density at radius 3 is 2.46 bits per heavy atom. The number of hydrogen-bond acceptors (Lipinski definition) is 9. The minimum absolute atomic E-state index is 0.139. The number of fused-ring (bicyclic) bond motifs is 1. The molecule has 3 aromatic carbocycles. The number of aliphatic hydroxyl groups excluding tert-OH is 1. The average Bonchev–Trinajstić information content (AvgIpc) is 3.78. The lowest BCUT2D eigenvalue weighted by atomic mass is 10.0. The summed E-state index contributed by atoms with van der Waals surface area (Å²) < 4.78 is 41.4. The first-order chi connectivity index (χ1) is 23.4. The fraction of sp³-hybridized carbons (Fsp3) is 0.250. The van der Waals surface area contributed by atoms with Crippen LogP contribution in [0.2, 0.25) is 0 Å². The van der Waals surface area contributed by atoms with Gasteiger partial charge in [-0.05, 0) is 65.2 Å². The number of rotatable bonds is 8. The molecule has 7 rings (SSSR count). The number of nitrogens with zero attached hydrogens (tertiary/aromatic N) is 5. The zero-order valence-corrected chi connectivity index (χ0v) is 26.8. The Morgan fingerprint density at radius 1 is 0.979 bits per heavy atom. The number of carbonyl (C=O) groups excluding carboxylic acids is 1. The third-order valence-corrected chi connectivity index (χ3v) is 10.5. The van der Waals surface area contributed by atoms with E-state index in [-0.39, 0.29) is 22.6 Å². The maximum absolute atomic E-state index is 14.3. The van der Waals surface area contributed by atoms with Crippen molar-refractivity contribution < 1.29 is 27.8 Å². The van der Waals surface area contributed by atoms with E-state index in [1.165, 1.54) is 3.97 Å². The van der Waals surface area contributed by atoms with Gasteiger partial charge in [0.05, 0.1) is 35.9 Å².